The average molecular weight is 485 g/mol. The van der Waals surface area contributed by atoms with Crippen LogP contribution in [0.25, 0.3) is 0 Å². The highest BCUT2D eigenvalue weighted by Crippen LogP contribution is 2.47. The van der Waals surface area contributed by atoms with Crippen LogP contribution in [0, 0.1) is 0 Å². The molecule has 0 saturated carbocycles. The first-order valence-corrected chi connectivity index (χ1v) is 12.8. The zero-order valence-corrected chi connectivity index (χ0v) is 20.2. The molecule has 0 bridgehead atoms. The summed E-state index contributed by atoms with van der Waals surface area (Å²) in [6, 6.07) is 9.16. The number of sulfone groups is 1. The Labute approximate surface area is 194 Å². The van der Waals surface area contributed by atoms with Crippen LogP contribution in [0.3, 0.4) is 0 Å². The number of nitrogens with zero attached hydrogens (tertiary/aromatic N) is 1. The van der Waals surface area contributed by atoms with Crippen molar-refractivity contribution < 1.29 is 17.9 Å². The number of rotatable bonds is 5. The van der Waals surface area contributed by atoms with Gasteiger partial charge in [-0.3, -0.25) is 9.69 Å². The Balaban J connectivity index is 0.00000272. The quantitative estimate of drug-likeness (QED) is 0.701. The standard InChI is InChI=1S/C22H28N2O4S2.ClH/c1-3-30(26,27)18-6-4-16(5-7-18)14-24-10-8-22(9-11-24)20-17(12-15(2)28-22)13-19(29-20)21(23)25;/h4-7,13,15H,3,8-12,14H2,1-2H3,(H2,23,25);1H/t15-;/m0./s1. The third-order valence-corrected chi connectivity index (χ3v) is 9.26. The fourth-order valence-corrected chi connectivity index (χ4v) is 6.64. The lowest BCUT2D eigenvalue weighted by Crippen LogP contribution is -2.47. The van der Waals surface area contributed by atoms with E-state index >= 15 is 0 Å². The molecule has 31 heavy (non-hydrogen) atoms. The van der Waals surface area contributed by atoms with E-state index in [-0.39, 0.29) is 35.8 Å². The smallest absolute Gasteiger partial charge is 0.258 e. The molecule has 2 aliphatic heterocycles. The Bertz CT molecular complexity index is 1040. The first kappa shape index (κ1) is 24.2. The summed E-state index contributed by atoms with van der Waals surface area (Å²) in [7, 11) is -3.17. The molecule has 170 valence electrons. The van der Waals surface area contributed by atoms with Crippen molar-refractivity contribution in [2.75, 3.05) is 18.8 Å². The number of likely N-dealkylation sites (tertiary alicyclic amines) is 1. The predicted molar refractivity (Wildman–Crippen MR) is 125 cm³/mol. The molecule has 0 aliphatic carbocycles. The molecular weight excluding hydrogens is 456 g/mol. The Morgan fingerprint density at radius 3 is 2.48 bits per heavy atom. The summed E-state index contributed by atoms with van der Waals surface area (Å²) in [6.07, 6.45) is 2.67. The minimum absolute atomic E-state index is 0. The van der Waals surface area contributed by atoms with Crippen LogP contribution in [-0.4, -0.2) is 44.2 Å². The van der Waals surface area contributed by atoms with Gasteiger partial charge in [0.05, 0.1) is 21.6 Å². The van der Waals surface area contributed by atoms with Crippen molar-refractivity contribution in [3.63, 3.8) is 0 Å². The fourth-order valence-electron chi connectivity index (χ4n) is 4.52. The van der Waals surface area contributed by atoms with E-state index < -0.39 is 9.84 Å². The van der Waals surface area contributed by atoms with Gasteiger partial charge in [0.25, 0.3) is 5.91 Å². The van der Waals surface area contributed by atoms with Gasteiger partial charge < -0.3 is 10.5 Å². The minimum atomic E-state index is -3.17. The van der Waals surface area contributed by atoms with Crippen LogP contribution in [-0.2, 0) is 33.1 Å². The van der Waals surface area contributed by atoms with E-state index in [0.29, 0.717) is 9.77 Å². The van der Waals surface area contributed by atoms with Gasteiger partial charge in [-0.2, -0.15) is 0 Å². The molecule has 0 unspecified atom stereocenters. The van der Waals surface area contributed by atoms with E-state index in [0.717, 1.165) is 44.5 Å². The molecule has 1 aromatic carbocycles. The number of thiophene rings is 1. The fraction of sp³-hybridized carbons (Fsp3) is 0.500. The van der Waals surface area contributed by atoms with Crippen molar-refractivity contribution in [1.29, 1.82) is 0 Å². The van der Waals surface area contributed by atoms with Gasteiger partial charge in [0.15, 0.2) is 9.84 Å². The van der Waals surface area contributed by atoms with E-state index in [9.17, 15) is 13.2 Å². The van der Waals surface area contributed by atoms with Gasteiger partial charge in [-0.1, -0.05) is 19.1 Å². The molecule has 2 aliphatic rings. The van der Waals surface area contributed by atoms with E-state index in [1.54, 1.807) is 19.1 Å². The summed E-state index contributed by atoms with van der Waals surface area (Å²) in [5, 5.41) is 0. The number of carbonyl (C=O) groups excluding carboxylic acids is 1. The molecule has 9 heteroatoms. The molecule has 1 amide bonds. The average Bonchev–Trinajstić information content (AvgIpc) is 3.15. The highest BCUT2D eigenvalue weighted by Gasteiger charge is 2.44. The second-order valence-electron chi connectivity index (χ2n) is 8.28. The largest absolute Gasteiger partial charge is 0.366 e. The lowest BCUT2D eigenvalue weighted by atomic mass is 9.84. The summed E-state index contributed by atoms with van der Waals surface area (Å²) in [5.41, 5.74) is 7.49. The number of amides is 1. The molecular formula is C22H29ClN2O4S2. The van der Waals surface area contributed by atoms with Gasteiger partial charge >= 0.3 is 0 Å². The molecule has 1 spiro atoms. The monoisotopic (exact) mass is 484 g/mol. The second kappa shape index (κ2) is 9.19. The van der Waals surface area contributed by atoms with Gasteiger partial charge in [-0.15, -0.1) is 23.7 Å². The van der Waals surface area contributed by atoms with Gasteiger partial charge in [0.2, 0.25) is 0 Å². The number of hydrogen-bond acceptors (Lipinski definition) is 6. The molecule has 1 saturated heterocycles. The van der Waals surface area contributed by atoms with Crippen LogP contribution < -0.4 is 5.73 Å². The summed E-state index contributed by atoms with van der Waals surface area (Å²) in [4.78, 5) is 16.2. The highest BCUT2D eigenvalue weighted by molar-refractivity contribution is 7.91. The molecule has 6 nitrogen and oxygen atoms in total. The minimum Gasteiger partial charge on any atom is -0.366 e. The van der Waals surface area contributed by atoms with Gasteiger partial charge in [-0.25, -0.2) is 8.42 Å². The van der Waals surface area contributed by atoms with Gasteiger partial charge in [0.1, 0.15) is 5.60 Å². The summed E-state index contributed by atoms with van der Waals surface area (Å²) < 4.78 is 30.4. The summed E-state index contributed by atoms with van der Waals surface area (Å²) >= 11 is 1.49. The molecule has 2 N–H and O–H groups in total. The van der Waals surface area contributed by atoms with Crippen LogP contribution in [0.15, 0.2) is 35.2 Å². The molecule has 0 radical (unpaired) electrons. The lowest BCUT2D eigenvalue weighted by molar-refractivity contribution is -0.131. The number of ether oxygens (including phenoxy) is 1. The Hall–Kier alpha value is -1.45. The molecule has 3 heterocycles. The Morgan fingerprint density at radius 1 is 1.26 bits per heavy atom. The number of benzene rings is 1. The maximum absolute atomic E-state index is 12.0. The molecule has 4 rings (SSSR count). The Kier molecular flexibility index (Phi) is 7.18. The van der Waals surface area contributed by atoms with Gasteiger partial charge in [-0.05, 0) is 55.5 Å². The van der Waals surface area contributed by atoms with E-state index in [1.165, 1.54) is 21.8 Å². The topological polar surface area (TPSA) is 89.7 Å². The maximum Gasteiger partial charge on any atom is 0.258 e. The number of primary amides is 1. The number of fused-ring (bicyclic) bond motifs is 2. The predicted octanol–water partition coefficient (Wildman–Crippen LogP) is 3.51. The Morgan fingerprint density at radius 2 is 1.90 bits per heavy atom. The van der Waals surface area contributed by atoms with Crippen LogP contribution in [0.1, 0.15) is 52.4 Å². The second-order valence-corrected chi connectivity index (χ2v) is 11.6. The van der Waals surface area contributed by atoms with Crippen LogP contribution >= 0.6 is 23.7 Å². The number of piperidine rings is 1. The summed E-state index contributed by atoms with van der Waals surface area (Å²) in [6.45, 7) is 6.29. The first-order valence-electron chi connectivity index (χ1n) is 10.4. The molecule has 2 aromatic rings. The van der Waals surface area contributed by atoms with Gasteiger partial charge in [0, 0.05) is 24.5 Å². The number of nitrogens with two attached hydrogens (primary N) is 1. The first-order chi connectivity index (χ1) is 14.2. The third kappa shape index (κ3) is 4.83. The van der Waals surface area contributed by atoms with Crippen LogP contribution in [0.5, 0.6) is 0 Å². The highest BCUT2D eigenvalue weighted by atomic mass is 35.5. The van der Waals surface area contributed by atoms with Crippen molar-refractivity contribution in [2.45, 2.75) is 56.3 Å². The van der Waals surface area contributed by atoms with Crippen molar-refractivity contribution in [2.24, 2.45) is 5.73 Å². The molecule has 1 atom stereocenters. The molecule has 1 aromatic heterocycles. The van der Waals surface area contributed by atoms with E-state index in [2.05, 4.69) is 11.8 Å². The summed E-state index contributed by atoms with van der Waals surface area (Å²) in [5.74, 6) is -0.260. The molecule has 1 fully saturated rings. The van der Waals surface area contributed by atoms with Crippen molar-refractivity contribution in [3.05, 3.63) is 51.2 Å². The lowest BCUT2D eigenvalue weighted by Gasteiger charge is -2.45. The normalized spacial score (nSPS) is 20.8. The SMILES string of the molecule is CCS(=O)(=O)c1ccc(CN2CCC3(CC2)O[C@@H](C)Cc2cc(C(N)=O)sc23)cc1.Cl. The van der Waals surface area contributed by atoms with Crippen molar-refractivity contribution >= 4 is 39.5 Å². The third-order valence-electron chi connectivity index (χ3n) is 6.13. The van der Waals surface area contributed by atoms with Crippen molar-refractivity contribution in [3.8, 4) is 0 Å². The maximum atomic E-state index is 12.0. The van der Waals surface area contributed by atoms with E-state index in [4.69, 9.17) is 10.5 Å². The van der Waals surface area contributed by atoms with Crippen LogP contribution in [0.4, 0.5) is 0 Å². The number of hydrogen-bond donors (Lipinski definition) is 1. The van der Waals surface area contributed by atoms with Crippen LogP contribution in [0.2, 0.25) is 0 Å². The van der Waals surface area contributed by atoms with E-state index in [1.807, 2.05) is 18.2 Å². The zero-order chi connectivity index (χ0) is 21.5. The zero-order valence-electron chi connectivity index (χ0n) is 17.8. The number of carbonyl (C=O) groups is 1. The number of halogens is 1. The van der Waals surface area contributed by atoms with Crippen molar-refractivity contribution in [1.82, 2.24) is 4.90 Å².